The van der Waals surface area contributed by atoms with Gasteiger partial charge in [0, 0.05) is 12.0 Å². The molecule has 0 amide bonds. The van der Waals surface area contributed by atoms with E-state index in [0.717, 1.165) is 52.4 Å². The SMILES string of the molecule is CCCCSc1c(C#N)c2c(c3nncn13)COC(C(C)C)C2. The number of ether oxygens (including phenoxy) is 1. The van der Waals surface area contributed by atoms with E-state index in [2.05, 4.69) is 37.0 Å². The van der Waals surface area contributed by atoms with Crippen LogP contribution in [0.5, 0.6) is 0 Å². The van der Waals surface area contributed by atoms with Gasteiger partial charge in [-0.1, -0.05) is 27.2 Å². The van der Waals surface area contributed by atoms with Gasteiger partial charge in [-0.25, -0.2) is 0 Å². The lowest BCUT2D eigenvalue weighted by Gasteiger charge is -2.29. The maximum absolute atomic E-state index is 9.79. The Morgan fingerprint density at radius 2 is 2.30 bits per heavy atom. The second-order valence-electron chi connectivity index (χ2n) is 6.27. The van der Waals surface area contributed by atoms with Crippen LogP contribution in [0.2, 0.25) is 0 Å². The van der Waals surface area contributed by atoms with Crippen molar-refractivity contribution in [2.75, 3.05) is 5.75 Å². The van der Waals surface area contributed by atoms with E-state index in [0.29, 0.717) is 12.5 Å². The fourth-order valence-electron chi connectivity index (χ4n) is 2.95. The van der Waals surface area contributed by atoms with E-state index < -0.39 is 0 Å². The van der Waals surface area contributed by atoms with Gasteiger partial charge >= 0.3 is 0 Å². The average molecular weight is 330 g/mol. The van der Waals surface area contributed by atoms with E-state index in [1.807, 2.05) is 4.40 Å². The van der Waals surface area contributed by atoms with Gasteiger partial charge in [0.2, 0.25) is 0 Å². The highest BCUT2D eigenvalue weighted by atomic mass is 32.2. The van der Waals surface area contributed by atoms with E-state index in [9.17, 15) is 5.26 Å². The Morgan fingerprint density at radius 1 is 1.48 bits per heavy atom. The number of nitrogens with zero attached hydrogens (tertiary/aromatic N) is 4. The highest BCUT2D eigenvalue weighted by Gasteiger charge is 2.29. The summed E-state index contributed by atoms with van der Waals surface area (Å²) in [5.74, 6) is 1.43. The van der Waals surface area contributed by atoms with Crippen LogP contribution in [0.4, 0.5) is 0 Å². The van der Waals surface area contributed by atoms with Crippen molar-refractivity contribution in [1.82, 2.24) is 14.6 Å². The van der Waals surface area contributed by atoms with E-state index in [1.54, 1.807) is 18.1 Å². The Kier molecular flexibility index (Phi) is 4.88. The maximum atomic E-state index is 9.79. The Hall–Kier alpha value is -1.58. The molecule has 122 valence electrons. The number of hydrogen-bond donors (Lipinski definition) is 0. The minimum Gasteiger partial charge on any atom is -0.373 e. The zero-order valence-corrected chi connectivity index (χ0v) is 14.7. The number of fused-ring (bicyclic) bond motifs is 3. The van der Waals surface area contributed by atoms with Gasteiger partial charge in [-0.3, -0.25) is 4.40 Å². The molecule has 23 heavy (non-hydrogen) atoms. The highest BCUT2D eigenvalue weighted by molar-refractivity contribution is 7.99. The first-order valence-corrected chi connectivity index (χ1v) is 9.17. The van der Waals surface area contributed by atoms with Crippen molar-refractivity contribution in [2.45, 2.75) is 57.8 Å². The molecular weight excluding hydrogens is 308 g/mol. The van der Waals surface area contributed by atoms with Crippen LogP contribution in [-0.4, -0.2) is 26.5 Å². The zero-order chi connectivity index (χ0) is 16.4. The second kappa shape index (κ2) is 6.90. The van der Waals surface area contributed by atoms with Crippen molar-refractivity contribution < 1.29 is 4.74 Å². The van der Waals surface area contributed by atoms with E-state index in [4.69, 9.17) is 4.74 Å². The van der Waals surface area contributed by atoms with E-state index in [1.165, 1.54) is 0 Å². The number of nitriles is 1. The van der Waals surface area contributed by atoms with Crippen molar-refractivity contribution in [2.24, 2.45) is 5.92 Å². The molecule has 0 aromatic carbocycles. The van der Waals surface area contributed by atoms with Crippen molar-refractivity contribution in [3.05, 3.63) is 23.0 Å². The molecule has 2 aromatic heterocycles. The third-order valence-electron chi connectivity index (χ3n) is 4.36. The van der Waals surface area contributed by atoms with E-state index in [-0.39, 0.29) is 6.10 Å². The molecule has 0 saturated heterocycles. The maximum Gasteiger partial charge on any atom is 0.167 e. The summed E-state index contributed by atoms with van der Waals surface area (Å²) >= 11 is 1.73. The number of rotatable bonds is 5. The molecule has 3 heterocycles. The molecule has 3 rings (SSSR count). The molecule has 0 spiro atoms. The first kappa shape index (κ1) is 16.3. The first-order chi connectivity index (χ1) is 11.2. The van der Waals surface area contributed by atoms with E-state index >= 15 is 0 Å². The quantitative estimate of drug-likeness (QED) is 0.619. The molecule has 0 fully saturated rings. The smallest absolute Gasteiger partial charge is 0.167 e. The number of aromatic nitrogens is 3. The molecule has 0 saturated carbocycles. The van der Waals surface area contributed by atoms with Crippen LogP contribution in [0, 0.1) is 17.2 Å². The fourth-order valence-corrected chi connectivity index (χ4v) is 4.16. The molecular formula is C17H22N4OS. The number of thioether (sulfide) groups is 1. The van der Waals surface area contributed by atoms with Crippen LogP contribution < -0.4 is 0 Å². The Bertz CT molecular complexity index is 747. The van der Waals surface area contributed by atoms with Crippen molar-refractivity contribution in [1.29, 1.82) is 5.26 Å². The molecule has 6 heteroatoms. The third-order valence-corrected chi connectivity index (χ3v) is 5.52. The number of unbranched alkanes of at least 4 members (excludes halogenated alkanes) is 1. The van der Waals surface area contributed by atoms with Crippen molar-refractivity contribution in [3.8, 4) is 6.07 Å². The second-order valence-corrected chi connectivity index (χ2v) is 7.36. The van der Waals surface area contributed by atoms with Gasteiger partial charge in [-0.05, 0) is 23.7 Å². The van der Waals surface area contributed by atoms with Crippen LogP contribution in [-0.2, 0) is 17.8 Å². The molecule has 5 nitrogen and oxygen atoms in total. The number of hydrogen-bond acceptors (Lipinski definition) is 5. The normalized spacial score (nSPS) is 17.4. The lowest BCUT2D eigenvalue weighted by molar-refractivity contribution is -0.0000532. The molecule has 2 aromatic rings. The molecule has 0 bridgehead atoms. The summed E-state index contributed by atoms with van der Waals surface area (Å²) in [5, 5.41) is 19.1. The van der Waals surface area contributed by atoms with Crippen LogP contribution >= 0.6 is 11.8 Å². The van der Waals surface area contributed by atoms with Crippen LogP contribution in [0.15, 0.2) is 11.4 Å². The molecule has 1 atom stereocenters. The predicted molar refractivity (Wildman–Crippen MR) is 90.5 cm³/mol. The molecule has 1 aliphatic rings. The Morgan fingerprint density at radius 3 is 3.00 bits per heavy atom. The molecule has 0 aliphatic carbocycles. The van der Waals surface area contributed by atoms with Gasteiger partial charge in [-0.15, -0.1) is 22.0 Å². The Balaban J connectivity index is 2.12. The van der Waals surface area contributed by atoms with Crippen molar-refractivity contribution in [3.63, 3.8) is 0 Å². The van der Waals surface area contributed by atoms with Gasteiger partial charge < -0.3 is 4.74 Å². The first-order valence-electron chi connectivity index (χ1n) is 8.19. The molecule has 0 radical (unpaired) electrons. The van der Waals surface area contributed by atoms with Gasteiger partial charge in [0.1, 0.15) is 17.4 Å². The molecule has 1 unspecified atom stereocenters. The summed E-state index contributed by atoms with van der Waals surface area (Å²) < 4.78 is 7.94. The predicted octanol–water partition coefficient (Wildman–Crippen LogP) is 3.59. The molecule has 0 N–H and O–H groups in total. The summed E-state index contributed by atoms with van der Waals surface area (Å²) in [6.45, 7) is 7.01. The van der Waals surface area contributed by atoms with Gasteiger partial charge in [0.05, 0.1) is 18.3 Å². The van der Waals surface area contributed by atoms with Gasteiger partial charge in [0.15, 0.2) is 5.65 Å². The standard InChI is InChI=1S/C17H22N4OS/c1-4-5-6-23-17-13(8-18)12-7-15(11(2)3)22-9-14(12)16-20-19-10-21(16)17/h10-11,15H,4-7,9H2,1-3H3. The molecule has 1 aliphatic heterocycles. The monoisotopic (exact) mass is 330 g/mol. The largest absolute Gasteiger partial charge is 0.373 e. The Labute approximate surface area is 141 Å². The summed E-state index contributed by atoms with van der Waals surface area (Å²) in [6.07, 6.45) is 4.93. The fraction of sp³-hybridized carbons (Fsp3) is 0.588. The average Bonchev–Trinajstić information content (AvgIpc) is 3.04. The van der Waals surface area contributed by atoms with Gasteiger partial charge in [0.25, 0.3) is 0 Å². The minimum absolute atomic E-state index is 0.161. The summed E-state index contributed by atoms with van der Waals surface area (Å²) in [4.78, 5) is 0. The van der Waals surface area contributed by atoms with Crippen LogP contribution in [0.1, 0.15) is 50.3 Å². The minimum atomic E-state index is 0.161. The zero-order valence-electron chi connectivity index (χ0n) is 13.9. The topological polar surface area (TPSA) is 63.2 Å². The third kappa shape index (κ3) is 2.96. The summed E-state index contributed by atoms with van der Waals surface area (Å²) in [6, 6.07) is 2.44. The van der Waals surface area contributed by atoms with Gasteiger partial charge in [-0.2, -0.15) is 5.26 Å². The lowest BCUT2D eigenvalue weighted by atomic mass is 9.91. The summed E-state index contributed by atoms with van der Waals surface area (Å²) in [5.41, 5.74) is 3.75. The number of pyridine rings is 1. The van der Waals surface area contributed by atoms with Crippen LogP contribution in [0.3, 0.4) is 0 Å². The highest BCUT2D eigenvalue weighted by Crippen LogP contribution is 2.35. The summed E-state index contributed by atoms with van der Waals surface area (Å²) in [7, 11) is 0. The van der Waals surface area contributed by atoms with Crippen molar-refractivity contribution >= 4 is 17.4 Å². The lowest BCUT2D eigenvalue weighted by Crippen LogP contribution is -2.29. The van der Waals surface area contributed by atoms with Crippen LogP contribution in [0.25, 0.3) is 5.65 Å².